The number of quaternary nitrogens is 1. The first-order valence-corrected chi connectivity index (χ1v) is 11.3. The van der Waals surface area contributed by atoms with Gasteiger partial charge in [-0.2, -0.15) is 0 Å². The van der Waals surface area contributed by atoms with E-state index in [-0.39, 0.29) is 0 Å². The first-order valence-electron chi connectivity index (χ1n) is 11.3. The van der Waals surface area contributed by atoms with Crippen molar-refractivity contribution in [2.75, 3.05) is 5.32 Å². The molecule has 0 fully saturated rings. The Balaban J connectivity index is 1.50. The van der Waals surface area contributed by atoms with Gasteiger partial charge in [-0.25, -0.2) is 0 Å². The smallest absolute Gasteiger partial charge is 0.141 e. The van der Waals surface area contributed by atoms with E-state index in [1.165, 1.54) is 23.2 Å². The van der Waals surface area contributed by atoms with Gasteiger partial charge in [0, 0.05) is 40.6 Å². The van der Waals surface area contributed by atoms with Crippen LogP contribution in [0.1, 0.15) is 54.5 Å². The minimum Gasteiger partial charge on any atom is -0.378 e. The predicted molar refractivity (Wildman–Crippen MR) is 123 cm³/mol. The third-order valence-corrected chi connectivity index (χ3v) is 7.52. The fourth-order valence-electron chi connectivity index (χ4n) is 6.35. The zero-order valence-corrected chi connectivity index (χ0v) is 17.5. The highest BCUT2D eigenvalue weighted by Crippen LogP contribution is 2.50. The van der Waals surface area contributed by atoms with Gasteiger partial charge in [0.05, 0.1) is 12.1 Å². The van der Waals surface area contributed by atoms with Crippen LogP contribution in [0.3, 0.4) is 0 Å². The molecule has 0 aromatic heterocycles. The van der Waals surface area contributed by atoms with Gasteiger partial charge in [0.2, 0.25) is 0 Å². The molecule has 0 amide bonds. The summed E-state index contributed by atoms with van der Waals surface area (Å²) in [6.45, 7) is 2.45. The summed E-state index contributed by atoms with van der Waals surface area (Å²) in [7, 11) is 0. The van der Waals surface area contributed by atoms with E-state index in [2.05, 4.69) is 103 Å². The monoisotopic (exact) mass is 393 g/mol. The van der Waals surface area contributed by atoms with Crippen molar-refractivity contribution in [2.45, 2.75) is 43.8 Å². The second kappa shape index (κ2) is 7.14. The largest absolute Gasteiger partial charge is 0.378 e. The number of nitrogens with one attached hydrogen (secondary N) is 2. The van der Waals surface area contributed by atoms with E-state index >= 15 is 0 Å². The summed E-state index contributed by atoms with van der Waals surface area (Å²) < 4.78 is 0. The van der Waals surface area contributed by atoms with Crippen LogP contribution in [0.25, 0.3) is 0 Å². The molecule has 0 saturated heterocycles. The topological polar surface area (TPSA) is 16.5 Å². The SMILES string of the molecule is C[C@@H]1C[C@H](Nc2ccccc2)c2cccc3c2[NH+]1C(c1ccccc1)C1CC=CC31. The molecule has 2 heteroatoms. The van der Waals surface area contributed by atoms with Gasteiger partial charge in [-0.05, 0) is 25.5 Å². The molecule has 3 aliphatic rings. The molecule has 6 atom stereocenters. The Morgan fingerprint density at radius 3 is 2.37 bits per heavy atom. The van der Waals surface area contributed by atoms with Crippen LogP contribution in [-0.2, 0) is 0 Å². The fraction of sp³-hybridized carbons (Fsp3) is 0.286. The number of hydrogen-bond acceptors (Lipinski definition) is 1. The Hall–Kier alpha value is -2.84. The molecule has 3 aromatic carbocycles. The van der Waals surface area contributed by atoms with E-state index in [1.807, 2.05) is 0 Å². The fourth-order valence-corrected chi connectivity index (χ4v) is 6.35. The van der Waals surface area contributed by atoms with Crippen molar-refractivity contribution in [2.24, 2.45) is 5.92 Å². The number of allylic oxidation sites excluding steroid dienone is 2. The van der Waals surface area contributed by atoms with Crippen molar-refractivity contribution < 1.29 is 4.90 Å². The first-order chi connectivity index (χ1) is 14.8. The van der Waals surface area contributed by atoms with E-state index in [0.717, 1.165) is 6.42 Å². The second-order valence-electron chi connectivity index (χ2n) is 9.21. The minimum atomic E-state index is 0.361. The van der Waals surface area contributed by atoms with Gasteiger partial charge < -0.3 is 5.32 Å². The Labute approximate surface area is 179 Å². The van der Waals surface area contributed by atoms with Gasteiger partial charge >= 0.3 is 0 Å². The number of rotatable bonds is 3. The Bertz CT molecular complexity index is 1070. The minimum absolute atomic E-state index is 0.361. The Morgan fingerprint density at radius 2 is 1.57 bits per heavy atom. The van der Waals surface area contributed by atoms with Crippen LogP contribution in [0, 0.1) is 5.92 Å². The lowest BCUT2D eigenvalue weighted by atomic mass is 9.72. The highest BCUT2D eigenvalue weighted by Gasteiger charge is 2.51. The molecule has 6 rings (SSSR count). The molecule has 0 saturated carbocycles. The van der Waals surface area contributed by atoms with E-state index in [9.17, 15) is 0 Å². The zero-order chi connectivity index (χ0) is 20.1. The summed E-state index contributed by atoms with van der Waals surface area (Å²) in [5.74, 6) is 1.20. The normalized spacial score (nSPS) is 31.1. The van der Waals surface area contributed by atoms with Crippen LogP contribution in [0.4, 0.5) is 11.4 Å². The van der Waals surface area contributed by atoms with Gasteiger partial charge in [0.25, 0.3) is 0 Å². The van der Waals surface area contributed by atoms with Gasteiger partial charge in [-0.1, -0.05) is 78.9 Å². The van der Waals surface area contributed by atoms with E-state index in [4.69, 9.17) is 0 Å². The molecule has 1 aliphatic carbocycles. The van der Waals surface area contributed by atoms with Gasteiger partial charge in [0.15, 0.2) is 0 Å². The molecular weight excluding hydrogens is 364 g/mol. The molecule has 2 N–H and O–H groups in total. The lowest BCUT2D eigenvalue weighted by Crippen LogP contribution is -3.13. The molecule has 150 valence electrons. The van der Waals surface area contributed by atoms with Crippen LogP contribution >= 0.6 is 0 Å². The first kappa shape index (κ1) is 18.0. The molecule has 2 heterocycles. The molecular formula is C28H29N2+. The number of fused-ring (bicyclic) bond motifs is 2. The van der Waals surface area contributed by atoms with Crippen molar-refractivity contribution in [3.8, 4) is 0 Å². The van der Waals surface area contributed by atoms with Crippen molar-refractivity contribution in [1.29, 1.82) is 0 Å². The van der Waals surface area contributed by atoms with Crippen LogP contribution in [-0.4, -0.2) is 6.04 Å². The van der Waals surface area contributed by atoms with E-state index < -0.39 is 0 Å². The lowest BCUT2D eigenvalue weighted by Gasteiger charge is -2.48. The lowest BCUT2D eigenvalue weighted by molar-refractivity contribution is -0.902. The number of para-hydroxylation sites is 2. The summed E-state index contributed by atoms with van der Waals surface area (Å²) in [6, 6.07) is 30.4. The molecule has 4 unspecified atom stereocenters. The predicted octanol–water partition coefficient (Wildman–Crippen LogP) is 5.56. The summed E-state index contributed by atoms with van der Waals surface area (Å²) in [4.78, 5) is 1.68. The molecule has 0 bridgehead atoms. The standard InChI is InChI=1S/C28H28N2/c1-19-18-26(29-21-12-6-3-7-13-21)25-17-9-16-24-22-14-8-15-23(22)27(30(19)28(24)25)20-10-4-2-5-11-20/h2-14,16-17,19,22-23,26-27,29H,15,18H2,1H3/p+1/t19-,22?,23?,26+,27?/m1/s1. The molecule has 2 aliphatic heterocycles. The third-order valence-electron chi connectivity index (χ3n) is 7.52. The molecule has 2 nitrogen and oxygen atoms in total. The highest BCUT2D eigenvalue weighted by atomic mass is 15.2. The van der Waals surface area contributed by atoms with Crippen molar-refractivity contribution in [3.05, 3.63) is 108 Å². The number of benzene rings is 3. The van der Waals surface area contributed by atoms with Crippen LogP contribution < -0.4 is 10.2 Å². The van der Waals surface area contributed by atoms with Gasteiger partial charge in [-0.15, -0.1) is 0 Å². The number of anilines is 1. The molecule has 30 heavy (non-hydrogen) atoms. The maximum absolute atomic E-state index is 3.85. The van der Waals surface area contributed by atoms with Crippen LogP contribution in [0.2, 0.25) is 0 Å². The maximum Gasteiger partial charge on any atom is 0.141 e. The van der Waals surface area contributed by atoms with E-state index in [0.29, 0.717) is 30.0 Å². The van der Waals surface area contributed by atoms with E-state index in [1.54, 1.807) is 16.2 Å². The third kappa shape index (κ3) is 2.74. The summed E-state index contributed by atoms with van der Waals surface area (Å²) in [5, 5.41) is 3.85. The summed E-state index contributed by atoms with van der Waals surface area (Å²) in [5.41, 5.74) is 7.31. The molecule has 3 aromatic rings. The highest BCUT2D eigenvalue weighted by molar-refractivity contribution is 5.58. The van der Waals surface area contributed by atoms with Gasteiger partial charge in [-0.3, -0.25) is 4.90 Å². The summed E-state index contributed by atoms with van der Waals surface area (Å²) in [6.07, 6.45) is 7.24. The zero-order valence-electron chi connectivity index (χ0n) is 17.5. The number of hydrogen-bond donors (Lipinski definition) is 2. The maximum atomic E-state index is 3.85. The second-order valence-corrected chi connectivity index (χ2v) is 9.21. The Morgan fingerprint density at radius 1 is 0.833 bits per heavy atom. The quantitative estimate of drug-likeness (QED) is 0.557. The summed E-state index contributed by atoms with van der Waals surface area (Å²) >= 11 is 0. The molecule has 0 spiro atoms. The van der Waals surface area contributed by atoms with Crippen molar-refractivity contribution in [1.82, 2.24) is 0 Å². The molecule has 0 radical (unpaired) electrons. The van der Waals surface area contributed by atoms with Crippen LogP contribution in [0.15, 0.2) is 91.0 Å². The van der Waals surface area contributed by atoms with Gasteiger partial charge in [0.1, 0.15) is 11.7 Å². The van der Waals surface area contributed by atoms with Crippen molar-refractivity contribution in [3.63, 3.8) is 0 Å². The average Bonchev–Trinajstić information content (AvgIpc) is 3.28. The average molecular weight is 394 g/mol. The van der Waals surface area contributed by atoms with Crippen molar-refractivity contribution >= 4 is 11.4 Å². The Kier molecular flexibility index (Phi) is 4.28. The van der Waals surface area contributed by atoms with Crippen LogP contribution in [0.5, 0.6) is 0 Å².